The van der Waals surface area contributed by atoms with Gasteiger partial charge in [-0.15, -0.1) is 0 Å². The smallest absolute Gasteiger partial charge is 0.257 e. The number of nitrogens with one attached hydrogen (secondary N) is 1. The van der Waals surface area contributed by atoms with Crippen LogP contribution in [0.3, 0.4) is 0 Å². The van der Waals surface area contributed by atoms with Gasteiger partial charge in [0, 0.05) is 31.0 Å². The normalized spacial score (nSPS) is 10.7. The van der Waals surface area contributed by atoms with E-state index in [2.05, 4.69) is 15.5 Å². The van der Waals surface area contributed by atoms with Crippen molar-refractivity contribution in [2.24, 2.45) is 0 Å². The quantitative estimate of drug-likeness (QED) is 0.710. The first-order valence-electron chi connectivity index (χ1n) is 7.51. The standard InChI is InChI=1S/C17H18N4O2/c1-13-15(16(23-20-13)14-6-3-2-4-7-14)17(22)19-8-5-10-21-11-9-18-12-21/h2-4,6-7,9,11-12H,5,8,10H2,1H3,(H,19,22). The number of benzene rings is 1. The van der Waals surface area contributed by atoms with Gasteiger partial charge in [-0.1, -0.05) is 35.5 Å². The lowest BCUT2D eigenvalue weighted by Crippen LogP contribution is -2.26. The summed E-state index contributed by atoms with van der Waals surface area (Å²) in [5.41, 5.74) is 1.94. The van der Waals surface area contributed by atoms with Crippen LogP contribution in [0.4, 0.5) is 0 Å². The second kappa shape index (κ2) is 6.91. The molecule has 3 rings (SSSR count). The minimum Gasteiger partial charge on any atom is -0.355 e. The van der Waals surface area contributed by atoms with Crippen LogP contribution in [0, 0.1) is 6.92 Å². The van der Waals surface area contributed by atoms with Gasteiger partial charge < -0.3 is 14.4 Å². The molecule has 6 nitrogen and oxygen atoms in total. The zero-order valence-corrected chi connectivity index (χ0v) is 12.9. The van der Waals surface area contributed by atoms with Gasteiger partial charge in [-0.05, 0) is 13.3 Å². The highest BCUT2D eigenvalue weighted by Gasteiger charge is 2.21. The zero-order chi connectivity index (χ0) is 16.1. The van der Waals surface area contributed by atoms with Crippen LogP contribution in [0.2, 0.25) is 0 Å². The minimum atomic E-state index is -0.159. The van der Waals surface area contributed by atoms with E-state index >= 15 is 0 Å². The van der Waals surface area contributed by atoms with E-state index in [1.807, 2.05) is 41.1 Å². The summed E-state index contributed by atoms with van der Waals surface area (Å²) in [6, 6.07) is 9.52. The Morgan fingerprint density at radius 2 is 2.13 bits per heavy atom. The second-order valence-corrected chi connectivity index (χ2v) is 5.25. The Labute approximate surface area is 134 Å². The van der Waals surface area contributed by atoms with E-state index in [4.69, 9.17) is 4.52 Å². The molecule has 0 unspecified atom stereocenters. The van der Waals surface area contributed by atoms with E-state index in [0.29, 0.717) is 23.6 Å². The van der Waals surface area contributed by atoms with Gasteiger partial charge in [0.1, 0.15) is 5.56 Å². The largest absolute Gasteiger partial charge is 0.355 e. The summed E-state index contributed by atoms with van der Waals surface area (Å²) < 4.78 is 7.32. The highest BCUT2D eigenvalue weighted by atomic mass is 16.5. The minimum absolute atomic E-state index is 0.159. The van der Waals surface area contributed by atoms with Crippen LogP contribution >= 0.6 is 0 Å². The molecule has 0 atom stereocenters. The SMILES string of the molecule is Cc1noc(-c2ccccc2)c1C(=O)NCCCn1ccnc1. The first kappa shape index (κ1) is 15.0. The van der Waals surface area contributed by atoms with Crippen molar-refractivity contribution in [3.63, 3.8) is 0 Å². The summed E-state index contributed by atoms with van der Waals surface area (Å²) in [4.78, 5) is 16.4. The van der Waals surface area contributed by atoms with Crippen LogP contribution < -0.4 is 5.32 Å². The van der Waals surface area contributed by atoms with Crippen LogP contribution in [0.25, 0.3) is 11.3 Å². The number of amides is 1. The van der Waals surface area contributed by atoms with Gasteiger partial charge in [0.2, 0.25) is 0 Å². The molecular formula is C17H18N4O2. The van der Waals surface area contributed by atoms with Crippen LogP contribution in [0.15, 0.2) is 53.6 Å². The van der Waals surface area contributed by atoms with Crippen molar-refractivity contribution in [1.82, 2.24) is 20.0 Å². The highest BCUT2D eigenvalue weighted by Crippen LogP contribution is 2.25. The van der Waals surface area contributed by atoms with Gasteiger partial charge in [0.05, 0.1) is 12.0 Å². The van der Waals surface area contributed by atoms with Gasteiger partial charge in [-0.2, -0.15) is 0 Å². The second-order valence-electron chi connectivity index (χ2n) is 5.25. The van der Waals surface area contributed by atoms with Crippen molar-refractivity contribution >= 4 is 5.91 Å². The van der Waals surface area contributed by atoms with E-state index in [1.165, 1.54) is 0 Å². The predicted octanol–water partition coefficient (Wildman–Crippen LogP) is 2.67. The number of hydrogen-bond donors (Lipinski definition) is 1. The number of hydrogen-bond acceptors (Lipinski definition) is 4. The van der Waals surface area contributed by atoms with Crippen molar-refractivity contribution in [2.45, 2.75) is 19.9 Å². The van der Waals surface area contributed by atoms with E-state index in [9.17, 15) is 4.79 Å². The summed E-state index contributed by atoms with van der Waals surface area (Å²) >= 11 is 0. The fourth-order valence-electron chi connectivity index (χ4n) is 2.39. The zero-order valence-electron chi connectivity index (χ0n) is 12.9. The number of aromatic nitrogens is 3. The lowest BCUT2D eigenvalue weighted by atomic mass is 10.1. The molecule has 0 spiro atoms. The maximum Gasteiger partial charge on any atom is 0.257 e. The Bertz CT molecular complexity index is 763. The monoisotopic (exact) mass is 310 g/mol. The maximum atomic E-state index is 12.5. The number of nitrogens with zero attached hydrogens (tertiary/aromatic N) is 3. The third kappa shape index (κ3) is 3.48. The molecule has 1 amide bonds. The molecular weight excluding hydrogens is 292 g/mol. The molecule has 1 N–H and O–H groups in total. The van der Waals surface area contributed by atoms with Gasteiger partial charge in [-0.3, -0.25) is 4.79 Å². The van der Waals surface area contributed by atoms with Gasteiger partial charge in [-0.25, -0.2) is 4.98 Å². The van der Waals surface area contributed by atoms with Crippen LogP contribution in [0.1, 0.15) is 22.5 Å². The molecule has 0 saturated carbocycles. The number of rotatable bonds is 6. The molecule has 0 saturated heterocycles. The fourth-order valence-corrected chi connectivity index (χ4v) is 2.39. The molecule has 6 heteroatoms. The molecule has 0 aliphatic rings. The van der Waals surface area contributed by atoms with Crippen LogP contribution in [-0.2, 0) is 6.54 Å². The molecule has 0 aliphatic carbocycles. The molecule has 0 radical (unpaired) electrons. The average Bonchev–Trinajstić information content (AvgIpc) is 3.22. The van der Waals surface area contributed by atoms with Gasteiger partial charge in [0.25, 0.3) is 5.91 Å². The highest BCUT2D eigenvalue weighted by molar-refractivity contribution is 6.00. The fraction of sp³-hybridized carbons (Fsp3) is 0.235. The maximum absolute atomic E-state index is 12.5. The number of aryl methyl sites for hydroxylation is 2. The molecule has 2 aromatic heterocycles. The van der Waals surface area contributed by atoms with Crippen LogP contribution in [-0.4, -0.2) is 27.2 Å². The van der Waals surface area contributed by atoms with E-state index < -0.39 is 0 Å². The molecule has 0 bridgehead atoms. The van der Waals surface area contributed by atoms with Gasteiger partial charge in [0.15, 0.2) is 5.76 Å². The van der Waals surface area contributed by atoms with Crippen molar-refractivity contribution < 1.29 is 9.32 Å². The predicted molar refractivity (Wildman–Crippen MR) is 85.9 cm³/mol. The lowest BCUT2D eigenvalue weighted by Gasteiger charge is -2.06. The molecule has 3 aromatic rings. The summed E-state index contributed by atoms with van der Waals surface area (Å²) in [6.45, 7) is 3.17. The number of carbonyl (C=O) groups is 1. The Kier molecular flexibility index (Phi) is 4.52. The third-order valence-electron chi connectivity index (χ3n) is 3.56. The summed E-state index contributed by atoms with van der Waals surface area (Å²) in [5.74, 6) is 0.350. The van der Waals surface area contributed by atoms with Crippen molar-refractivity contribution in [3.05, 3.63) is 60.3 Å². The third-order valence-corrected chi connectivity index (χ3v) is 3.56. The average molecular weight is 310 g/mol. The summed E-state index contributed by atoms with van der Waals surface area (Å²) in [5, 5.41) is 6.86. The Morgan fingerprint density at radius 3 is 2.87 bits per heavy atom. The topological polar surface area (TPSA) is 73.0 Å². The van der Waals surface area contributed by atoms with E-state index in [1.54, 1.807) is 19.4 Å². The lowest BCUT2D eigenvalue weighted by molar-refractivity contribution is 0.0952. The first-order valence-corrected chi connectivity index (χ1v) is 7.51. The van der Waals surface area contributed by atoms with E-state index in [-0.39, 0.29) is 5.91 Å². The Morgan fingerprint density at radius 1 is 1.30 bits per heavy atom. The van der Waals surface area contributed by atoms with Crippen molar-refractivity contribution in [1.29, 1.82) is 0 Å². The van der Waals surface area contributed by atoms with Crippen molar-refractivity contribution in [3.8, 4) is 11.3 Å². The number of carbonyl (C=O) groups excluding carboxylic acids is 1. The molecule has 1 aromatic carbocycles. The van der Waals surface area contributed by atoms with Crippen molar-refractivity contribution in [2.75, 3.05) is 6.54 Å². The Balaban J connectivity index is 1.64. The molecule has 23 heavy (non-hydrogen) atoms. The molecule has 0 fully saturated rings. The molecule has 0 aliphatic heterocycles. The summed E-state index contributed by atoms with van der Waals surface area (Å²) in [7, 11) is 0. The Hall–Kier alpha value is -2.89. The van der Waals surface area contributed by atoms with Gasteiger partial charge >= 0.3 is 0 Å². The molecule has 2 heterocycles. The van der Waals surface area contributed by atoms with E-state index in [0.717, 1.165) is 18.5 Å². The molecule has 118 valence electrons. The summed E-state index contributed by atoms with van der Waals surface area (Å²) in [6.07, 6.45) is 6.23. The first-order chi connectivity index (χ1) is 11.3. The van der Waals surface area contributed by atoms with Crippen LogP contribution in [0.5, 0.6) is 0 Å². The number of imidazole rings is 1.